The van der Waals surface area contributed by atoms with Gasteiger partial charge in [0.05, 0.1) is 54.1 Å². The quantitative estimate of drug-likeness (QED) is 0.0794. The number of halogens is 2. The van der Waals surface area contributed by atoms with Crippen molar-refractivity contribution in [1.82, 2.24) is 20.4 Å². The predicted octanol–water partition coefficient (Wildman–Crippen LogP) is 6.55. The monoisotopic (exact) mass is 951 g/mol. The van der Waals surface area contributed by atoms with E-state index >= 15 is 0 Å². The van der Waals surface area contributed by atoms with Crippen LogP contribution in [0.2, 0.25) is 0 Å². The van der Waals surface area contributed by atoms with Crippen LogP contribution in [-0.2, 0) is 28.4 Å². The van der Waals surface area contributed by atoms with Gasteiger partial charge in [0.1, 0.15) is 0 Å². The zero-order valence-corrected chi connectivity index (χ0v) is 39.0. The second-order valence-electron chi connectivity index (χ2n) is 14.8. The Morgan fingerprint density at radius 1 is 0.821 bits per heavy atom. The molecule has 0 spiro atoms. The maximum absolute atomic E-state index is 11.4. The fourth-order valence-corrected chi connectivity index (χ4v) is 6.85. The molecule has 1 aliphatic rings. The van der Waals surface area contributed by atoms with Crippen molar-refractivity contribution in [3.63, 3.8) is 0 Å². The Balaban J connectivity index is 0.000000421. The summed E-state index contributed by atoms with van der Waals surface area (Å²) < 4.78 is 24.2. The number of hydrogen-bond acceptors (Lipinski definition) is 8. The van der Waals surface area contributed by atoms with E-state index in [9.17, 15) is 9.59 Å². The number of esters is 2. The summed E-state index contributed by atoms with van der Waals surface area (Å²) in [6.45, 7) is 22.4. The number of nitrogens with zero attached hydrogens (tertiary/aromatic N) is 2. The molecule has 0 amide bonds. The van der Waals surface area contributed by atoms with Gasteiger partial charge in [0.25, 0.3) is 0 Å². The standard InChI is InChI=1S/C17H25BO4.C16H20N2O2.C5H7BrN2.C4H10I.CH4/c1-12(10-15(19)20-6)13-8-7-9-14(11-13)18-21-16(2,3)17(4,5)22-18;1-10(8-15(19)20-4)13-6-5-7-14(9-13)16-11(2)17-18-12(16)3;1-3-5(6)4(2)8-7-3;1-3-4-5-2;/h7-9,11-12H,10H2,1-6H3;5-7,9-10H,8H2,1-4H3,(H,17,18);1-2H3,(H,7,8);3-4H2,1-2H3;1H4/q;;;-1;/t12-;10-;;;/m00.../s1. The van der Waals surface area contributed by atoms with Crippen LogP contribution in [0.25, 0.3) is 11.1 Å². The van der Waals surface area contributed by atoms with Gasteiger partial charge < -0.3 is 18.8 Å². The van der Waals surface area contributed by atoms with Crippen molar-refractivity contribution < 1.29 is 49.6 Å². The van der Waals surface area contributed by atoms with E-state index in [1.807, 2.05) is 99.6 Å². The van der Waals surface area contributed by atoms with Gasteiger partial charge in [-0.2, -0.15) is 10.2 Å². The molecule has 4 aromatic rings. The molecular weight excluding hydrogens is 886 g/mol. The molecular formula is C43H66BBrIN4O6-. The number of ether oxygens (including phenoxy) is 2. The van der Waals surface area contributed by atoms with Crippen LogP contribution in [0.5, 0.6) is 0 Å². The van der Waals surface area contributed by atoms with E-state index < -0.39 is 0 Å². The van der Waals surface area contributed by atoms with E-state index in [1.165, 1.54) is 25.1 Å². The van der Waals surface area contributed by atoms with Gasteiger partial charge in [-0.3, -0.25) is 19.8 Å². The van der Waals surface area contributed by atoms with E-state index in [0.29, 0.717) is 34.0 Å². The van der Waals surface area contributed by atoms with Gasteiger partial charge in [0.15, 0.2) is 0 Å². The maximum atomic E-state index is 11.4. The largest absolute Gasteiger partial charge is 0.494 e. The number of carbonyl (C=O) groups is 2. The van der Waals surface area contributed by atoms with E-state index in [4.69, 9.17) is 18.8 Å². The van der Waals surface area contributed by atoms with Gasteiger partial charge in [0, 0.05) is 17.0 Å². The molecule has 0 saturated carbocycles. The van der Waals surface area contributed by atoms with Gasteiger partial charge in [-0.25, -0.2) is 0 Å². The summed E-state index contributed by atoms with van der Waals surface area (Å²) in [6, 6.07) is 16.3. The summed E-state index contributed by atoms with van der Waals surface area (Å²) in [7, 11) is 2.45. The fourth-order valence-electron chi connectivity index (χ4n) is 5.60. The summed E-state index contributed by atoms with van der Waals surface area (Å²) in [5.74, 6) is -0.156. The molecule has 3 heterocycles. The van der Waals surface area contributed by atoms with Crippen molar-refractivity contribution in [1.29, 1.82) is 0 Å². The Hall–Kier alpha value is -3.01. The summed E-state index contributed by atoms with van der Waals surface area (Å²) >= 11 is 3.96. The zero-order valence-electron chi connectivity index (χ0n) is 35.3. The number of nitrogens with one attached hydrogen (secondary N) is 2. The number of methoxy groups -OCH3 is 2. The molecule has 56 heavy (non-hydrogen) atoms. The van der Waals surface area contributed by atoms with Crippen LogP contribution in [0, 0.1) is 27.7 Å². The van der Waals surface area contributed by atoms with E-state index in [1.54, 1.807) is 0 Å². The first-order chi connectivity index (χ1) is 25.8. The van der Waals surface area contributed by atoms with Crippen molar-refractivity contribution in [2.24, 2.45) is 0 Å². The second-order valence-corrected chi connectivity index (χ2v) is 18.2. The van der Waals surface area contributed by atoms with Crippen LogP contribution in [0.1, 0.15) is 121 Å². The van der Waals surface area contributed by atoms with Gasteiger partial charge in [-0.15, -0.1) is 0 Å². The fraction of sp³-hybridized carbons (Fsp3) is 0.535. The first-order valence-electron chi connectivity index (χ1n) is 18.6. The molecule has 2 atom stereocenters. The van der Waals surface area contributed by atoms with Crippen LogP contribution in [0.4, 0.5) is 0 Å². The van der Waals surface area contributed by atoms with Gasteiger partial charge in [-0.05, 0) is 105 Å². The second kappa shape index (κ2) is 24.0. The SMILES string of the molecule is C.CCC[I-]C.COC(=O)C[C@H](C)c1cccc(-c2c(C)n[nH]c2C)c1.COC(=O)C[C@H](C)c1cccc(B2OC(C)(C)C(C)(C)O2)c1.Cc1n[nH]c(C)c1Br. The minimum atomic E-state index is -0.379. The number of alkyl halides is 2. The summed E-state index contributed by atoms with van der Waals surface area (Å²) in [5, 5.41) is 14.0. The number of benzene rings is 2. The summed E-state index contributed by atoms with van der Waals surface area (Å²) in [5.41, 5.74) is 8.89. The smallest absolute Gasteiger partial charge is 0.469 e. The predicted molar refractivity (Wildman–Crippen MR) is 229 cm³/mol. The van der Waals surface area contributed by atoms with E-state index in [-0.39, 0.29) is 49.5 Å². The van der Waals surface area contributed by atoms with Crippen molar-refractivity contribution in [3.05, 3.63) is 86.9 Å². The molecule has 1 aliphatic heterocycles. The zero-order chi connectivity index (χ0) is 41.5. The Labute approximate surface area is 355 Å². The first-order valence-corrected chi connectivity index (χ1v) is 23.1. The number of hydrogen-bond donors (Lipinski definition) is 2. The van der Waals surface area contributed by atoms with Crippen LogP contribution in [0.15, 0.2) is 53.0 Å². The Morgan fingerprint density at radius 2 is 1.30 bits per heavy atom. The molecule has 0 bridgehead atoms. The molecule has 2 aromatic heterocycles. The van der Waals surface area contributed by atoms with Gasteiger partial charge in [-0.1, -0.05) is 69.8 Å². The normalized spacial score (nSPS) is 14.7. The third-order valence-corrected chi connectivity index (χ3v) is 13.0. The molecule has 312 valence electrons. The summed E-state index contributed by atoms with van der Waals surface area (Å²) in [6.07, 6.45) is 2.15. The average Bonchev–Trinajstić information content (AvgIpc) is 3.73. The number of aromatic amines is 2. The summed E-state index contributed by atoms with van der Waals surface area (Å²) in [4.78, 5) is 25.1. The molecule has 0 radical (unpaired) electrons. The van der Waals surface area contributed by atoms with Gasteiger partial charge >= 0.3 is 63.0 Å². The Bertz CT molecular complexity index is 1750. The molecule has 0 unspecified atom stereocenters. The Morgan fingerprint density at radius 3 is 1.68 bits per heavy atom. The minimum Gasteiger partial charge on any atom is -0.469 e. The topological polar surface area (TPSA) is 128 Å². The molecule has 1 saturated heterocycles. The van der Waals surface area contributed by atoms with E-state index in [2.05, 4.69) is 66.4 Å². The third-order valence-electron chi connectivity index (χ3n) is 9.69. The third kappa shape index (κ3) is 15.1. The van der Waals surface area contributed by atoms with Crippen molar-refractivity contribution >= 4 is 40.4 Å². The van der Waals surface area contributed by atoms with Crippen LogP contribution < -0.4 is 26.7 Å². The van der Waals surface area contributed by atoms with Crippen molar-refractivity contribution in [2.75, 3.05) is 23.6 Å². The molecule has 5 rings (SSSR count). The van der Waals surface area contributed by atoms with Crippen LogP contribution in [-0.4, -0.2) is 74.2 Å². The Kier molecular flexibility index (Phi) is 21.9. The molecule has 1 fully saturated rings. The molecule has 2 aromatic carbocycles. The number of rotatable bonds is 10. The number of aryl methyl sites for hydroxylation is 4. The van der Waals surface area contributed by atoms with Crippen molar-refractivity contribution in [3.8, 4) is 11.1 Å². The number of aromatic nitrogens is 4. The first kappa shape index (κ1) is 51.0. The van der Waals surface area contributed by atoms with Crippen molar-refractivity contribution in [2.45, 2.75) is 126 Å². The average molecular weight is 953 g/mol. The van der Waals surface area contributed by atoms with Crippen LogP contribution in [0.3, 0.4) is 0 Å². The maximum Gasteiger partial charge on any atom is 0.494 e. The number of carbonyl (C=O) groups excluding carboxylic acids is 2. The van der Waals surface area contributed by atoms with Gasteiger partial charge in [0.2, 0.25) is 0 Å². The van der Waals surface area contributed by atoms with Crippen LogP contribution >= 0.6 is 15.9 Å². The minimum absolute atomic E-state index is 0. The van der Waals surface area contributed by atoms with E-state index in [0.717, 1.165) is 55.0 Å². The number of H-pyrrole nitrogens is 2. The molecule has 13 heteroatoms. The molecule has 10 nitrogen and oxygen atoms in total. The molecule has 0 aliphatic carbocycles. The molecule has 2 N–H and O–H groups in total.